The molecule has 3 aliphatic heterocycles. The molecule has 0 saturated carbocycles. The molecule has 3 saturated heterocycles. The van der Waals surface area contributed by atoms with Crippen LogP contribution >= 0.6 is 22.6 Å². The van der Waals surface area contributed by atoms with Gasteiger partial charge in [0.25, 0.3) is 16.7 Å². The first-order chi connectivity index (χ1) is 62.4. The minimum Gasteiger partial charge on any atom is -1.00 e. The summed E-state index contributed by atoms with van der Waals surface area (Å²) in [7, 11) is 4.96. The number of carbonyl (C=O) groups is 2. The van der Waals surface area contributed by atoms with E-state index in [1.54, 1.807) is 22.6 Å². The van der Waals surface area contributed by atoms with Gasteiger partial charge in [0.15, 0.2) is 39.7 Å². The van der Waals surface area contributed by atoms with Crippen LogP contribution in [-0.4, -0.2) is 254 Å². The molecule has 9 rings (SSSR count). The number of H-pyrrole nitrogens is 3. The van der Waals surface area contributed by atoms with E-state index in [1.165, 1.54) is 19.8 Å². The molecule has 6 aromatic rings. The van der Waals surface area contributed by atoms with Crippen LogP contribution in [-0.2, 0) is 33.2 Å². The Balaban J connectivity index is 0.000000845. The number of imidazole rings is 3. The van der Waals surface area contributed by atoms with Crippen LogP contribution in [0.1, 0.15) is 316 Å². The van der Waals surface area contributed by atoms with Gasteiger partial charge in [-0.3, -0.25) is 47.4 Å². The zero-order valence-electron chi connectivity index (χ0n) is 87.8. The molecule has 3 fully saturated rings. The maximum atomic E-state index is 12.5. The van der Waals surface area contributed by atoms with E-state index in [4.69, 9.17) is 41.7 Å². The van der Waals surface area contributed by atoms with Gasteiger partial charge in [-0.25, -0.2) is 24.5 Å². The predicted octanol–water partition coefficient (Wildman–Crippen LogP) is 13.1. The first-order valence-electron chi connectivity index (χ1n) is 48.6. The van der Waals surface area contributed by atoms with Crippen molar-refractivity contribution in [2.24, 2.45) is 29.4 Å². The molecule has 0 spiro atoms. The number of methoxy groups -OCH3 is 1. The third kappa shape index (κ3) is 39.4. The van der Waals surface area contributed by atoms with E-state index in [0.717, 1.165) is 140 Å². The molecule has 0 aliphatic carbocycles. The number of alkyl halides is 2. The van der Waals surface area contributed by atoms with Gasteiger partial charge < -0.3 is 115 Å². The Labute approximate surface area is 821 Å². The molecule has 14 N–H and O–H groups in total. The molecule has 2 amide bonds. The number of aromatic amines is 3. The number of nitrogens with two attached hydrogens (primary N) is 1. The molecule has 0 aromatic carbocycles. The molecule has 0 bridgehead atoms. The average molecular weight is 2100 g/mol. The first kappa shape index (κ1) is 120. The Bertz CT molecular complexity index is 4150. The first-order valence-corrected chi connectivity index (χ1v) is 49.1. The van der Waals surface area contributed by atoms with E-state index in [0.29, 0.717) is 95.8 Å². The van der Waals surface area contributed by atoms with Crippen LogP contribution in [0.25, 0.3) is 33.5 Å². The number of nitrogens with zero attached hydrogens (tertiary/aromatic N) is 10. The summed E-state index contributed by atoms with van der Waals surface area (Å²) in [5, 5.41) is 42.5. The number of anilines is 3. The second-order valence-electron chi connectivity index (χ2n) is 39.6. The zero-order chi connectivity index (χ0) is 101. The van der Waals surface area contributed by atoms with Crippen LogP contribution in [0.5, 0.6) is 0 Å². The van der Waals surface area contributed by atoms with Gasteiger partial charge in [0.2, 0.25) is 19.3 Å². The number of unbranched alkanes of at least 4 members (excludes halogenated alkanes) is 9. The van der Waals surface area contributed by atoms with Crippen LogP contribution < -0.4 is 78.3 Å². The Morgan fingerprint density at radius 3 is 1.17 bits per heavy atom. The summed E-state index contributed by atoms with van der Waals surface area (Å²) < 4.78 is 69.3. The lowest BCUT2D eigenvalue weighted by Crippen LogP contribution is -3.00. The minimum atomic E-state index is -0.738. The van der Waals surface area contributed by atoms with Crippen molar-refractivity contribution in [1.29, 1.82) is 1.43 Å². The highest BCUT2D eigenvalue weighted by Crippen LogP contribution is 2.51. The van der Waals surface area contributed by atoms with Crippen molar-refractivity contribution in [2.75, 3.05) is 114 Å². The highest BCUT2D eigenvalue weighted by atomic mass is 127. The quantitative estimate of drug-likeness (QED) is 0.00745. The molecule has 764 valence electrons. The summed E-state index contributed by atoms with van der Waals surface area (Å²) in [4.78, 5) is 95.1. The second-order valence-corrected chi connectivity index (χ2v) is 40.7. The molecule has 9 heterocycles. The Morgan fingerprint density at radius 2 is 0.886 bits per heavy atom. The molecular weight excluding hydrogens is 1920 g/mol. The molecule has 12 atom stereocenters. The monoisotopic (exact) mass is 2100 g/mol. The number of halogens is 3. The lowest BCUT2D eigenvalue weighted by Gasteiger charge is -2.70. The summed E-state index contributed by atoms with van der Waals surface area (Å²) in [5.74, 6) is 1.64. The Hall–Kier alpha value is -6.06. The number of rotatable bonds is 37. The number of aliphatic hydroxyl groups is 3. The number of amides is 2. The van der Waals surface area contributed by atoms with Gasteiger partial charge in [0, 0.05) is 90.3 Å². The summed E-state index contributed by atoms with van der Waals surface area (Å²) in [6.07, 6.45) is 17.4. The lowest BCUT2D eigenvalue weighted by molar-refractivity contribution is -1.08. The standard InChI is InChI=1S/C24H40N6O4.C23H38N6O5.C17H28N6O3.C16H36N.C7H17NO.C4H10O.C2H4FI.CH4O.HI/c1-7-17-15(2)16(3)21(33-17)30-14-27-18-19(30)28-22(29-20(18)31)25-12-10-8-9-11-13-26-23(32)34-24(4,5)6;1-6-15-14(2)17(30)20(33-15)29-13-26-16-18(29)27-21(28-19(16)31)24-11-9-7-8-10-12-25-22(32)34-23(3,4)5;1-10-13(24)11(2)26-16(10)23-9-20-12-14(23)21-17(22-15(12)25)19-8-6-4-3-5-7-18;1-13(2,3)17(14(4,5)6,15(7,8)9)16(10,11)12;1-3-6-9-7-4-5-8-2;1-3-4-5-2;3-1-2-4;1-2;/h14-17,21H,7-13H2,1-6H3,(H,26,32)(H2,25,28,29,31);13-15,17,20,30H,6-12H2,1-5H3,(H,25,32)(H2,24,27,28,31);9-11,13,16,24H,3-8,18H2,1-2H3,(H2,19,21,22,25);1-12H3;8H,3-7H2,1-2H3;3-4H2,1-2H3;1-2H2;2H,1H3;1H/q;;;+1;;;;;/p-1/t15-,16+,17+,21+;14-,15-,17-,20-;10-,11-,13+,16-;;;;;;/m011....../s1/i;;2D;;;;;2T;. The maximum absolute atomic E-state index is 12.5. The third-order valence-electron chi connectivity index (χ3n) is 22.6. The van der Waals surface area contributed by atoms with E-state index in [1.807, 2.05) is 96.5 Å². The number of quaternary nitrogens is 1. The van der Waals surface area contributed by atoms with E-state index < -0.39 is 48.1 Å². The molecule has 6 aromatic heterocycles. The van der Waals surface area contributed by atoms with Crippen molar-refractivity contribution in [3.05, 3.63) is 50.0 Å². The summed E-state index contributed by atoms with van der Waals surface area (Å²) in [5.41, 5.74) is 6.49. The van der Waals surface area contributed by atoms with Gasteiger partial charge in [0.1, 0.15) is 29.8 Å². The summed E-state index contributed by atoms with van der Waals surface area (Å²) in [6, 6.07) is 0. The summed E-state index contributed by atoms with van der Waals surface area (Å²) in [6.45, 7) is 63.6. The highest BCUT2D eigenvalue weighted by molar-refractivity contribution is 14.1. The SMILES string of the molecule is CC(C)(C)[N+](C(C)(C)C)(C(C)(C)C)C(C)(C)C.CCCOC.CCCOCCCNC.CC[C@H]1O[C@@H](n2cnc3c(=O)[nH]c(NCCCCCCNC(=O)OC(C)(C)C)nc32)[C@H](C)[C@@H]1C.CC[C@H]1O[C@@H](n2cnc3c(=O)[nH]c(NCCCCCCNC(=O)OC(C)(C)C)nc32)[C@H](O)[C@@H]1C.FCCI.[2H]C[C@H]1O[C@@H](n2cnc3c(=O)[nH]c(NCCCCCCN)nc32)[C@H](C)[C@@H]1O.[3H]OC.[I-]. The number of nitrogens with one attached hydrogen (secondary N) is 9. The fourth-order valence-corrected chi connectivity index (χ4v) is 18.5. The topological polar surface area (TPSA) is 448 Å². The van der Waals surface area contributed by atoms with Gasteiger partial charge in [0.05, 0.1) is 72.2 Å². The molecule has 0 unspecified atom stereocenters. The average Bonchev–Trinajstić information content (AvgIpc) is 1.12. The van der Waals surface area contributed by atoms with Crippen molar-refractivity contribution in [1.82, 2.24) is 74.5 Å². The molecule has 0 radical (unpaired) electrons. The maximum Gasteiger partial charge on any atom is 0.407 e. The van der Waals surface area contributed by atoms with Crippen LogP contribution in [0.4, 0.5) is 31.8 Å². The van der Waals surface area contributed by atoms with Crippen LogP contribution in [0.2, 0.25) is 0 Å². The van der Waals surface area contributed by atoms with Crippen molar-refractivity contribution < 1.29 is 92.3 Å². The van der Waals surface area contributed by atoms with E-state index in [-0.39, 0.29) is 124 Å². The van der Waals surface area contributed by atoms with Crippen LogP contribution in [0.15, 0.2) is 33.4 Å². The third-order valence-corrected chi connectivity index (χ3v) is 23.0. The molecular formula is C94H177FI2N20O15. The van der Waals surface area contributed by atoms with Gasteiger partial charge in [-0.2, -0.15) is 15.0 Å². The van der Waals surface area contributed by atoms with E-state index in [9.17, 15) is 38.6 Å². The van der Waals surface area contributed by atoms with Gasteiger partial charge >= 0.3 is 12.2 Å². The number of hydrogen-bond acceptors (Lipinski definition) is 26. The van der Waals surface area contributed by atoms with Crippen molar-refractivity contribution >= 4 is 86.1 Å². The zero-order valence-corrected chi connectivity index (χ0v) is 90.1. The van der Waals surface area contributed by atoms with Crippen molar-refractivity contribution in [2.45, 2.75) is 379 Å². The molecule has 35 nitrogen and oxygen atoms in total. The Kier molecular flexibility index (Phi) is 55.8. The Morgan fingerprint density at radius 1 is 0.538 bits per heavy atom. The van der Waals surface area contributed by atoms with E-state index in [2.05, 4.69) is 200 Å². The minimum absolute atomic E-state index is 0. The smallest absolute Gasteiger partial charge is 0.407 e. The lowest BCUT2D eigenvalue weighted by atomic mass is 9.75. The highest BCUT2D eigenvalue weighted by Gasteiger charge is 2.62. The van der Waals surface area contributed by atoms with Gasteiger partial charge in [-0.15, -0.1) is 0 Å². The second kappa shape index (κ2) is 61.3. The molecule has 132 heavy (non-hydrogen) atoms. The number of carbonyl (C=O) groups excluding carboxylic acids is 2. The summed E-state index contributed by atoms with van der Waals surface area (Å²) >= 11 is 1.98. The molecule has 3 aliphatic rings. The number of aromatic nitrogens is 12. The van der Waals surface area contributed by atoms with E-state index >= 15 is 0 Å². The van der Waals surface area contributed by atoms with Gasteiger partial charge in [-0.1, -0.05) is 117 Å². The number of aliphatic hydroxyl groups excluding tert-OH is 3. The van der Waals surface area contributed by atoms with Crippen LogP contribution in [0, 0.1) is 23.7 Å². The number of ether oxygens (including phenoxy) is 7. The predicted molar refractivity (Wildman–Crippen MR) is 534 cm³/mol. The van der Waals surface area contributed by atoms with Crippen molar-refractivity contribution in [3.8, 4) is 0 Å². The van der Waals surface area contributed by atoms with Crippen LogP contribution in [0.3, 0.4) is 0 Å². The molecule has 38 heteroatoms. The fraction of sp³-hybridized carbons (Fsp3) is 0.819. The number of hydrogen-bond donors (Lipinski definition) is 13. The fourth-order valence-electron chi connectivity index (χ4n) is 18.5. The van der Waals surface area contributed by atoms with Gasteiger partial charge in [-0.05, 0) is 228 Å². The normalized spacial score (nSPS) is 20.4. The van der Waals surface area contributed by atoms with Crippen molar-refractivity contribution in [3.63, 3.8) is 0 Å². The number of fused-ring (bicyclic) bond motifs is 3. The largest absolute Gasteiger partial charge is 1.00 e. The number of alkyl carbamates (subject to hydrolysis) is 2.